The van der Waals surface area contributed by atoms with E-state index in [0.717, 1.165) is 17.3 Å². The van der Waals surface area contributed by atoms with Crippen LogP contribution in [0.2, 0.25) is 0 Å². The third-order valence-electron chi connectivity index (χ3n) is 3.76. The summed E-state index contributed by atoms with van der Waals surface area (Å²) in [5, 5.41) is 9.08. The molecule has 1 saturated carbocycles. The zero-order valence-electron chi connectivity index (χ0n) is 11.2. The van der Waals surface area contributed by atoms with Gasteiger partial charge in [0.15, 0.2) is 0 Å². The summed E-state index contributed by atoms with van der Waals surface area (Å²) in [5.41, 5.74) is 2.38. The molecule has 0 spiro atoms. The van der Waals surface area contributed by atoms with Crippen LogP contribution in [0.1, 0.15) is 36.8 Å². The molecule has 19 heavy (non-hydrogen) atoms. The average Bonchev–Trinajstić information content (AvgIpc) is 2.84. The van der Waals surface area contributed by atoms with Crippen LogP contribution in [0.4, 0.5) is 0 Å². The Balaban J connectivity index is 2.12. The molecule has 0 aromatic heterocycles. The van der Waals surface area contributed by atoms with Gasteiger partial charge in [-0.05, 0) is 37.0 Å². The van der Waals surface area contributed by atoms with Crippen LogP contribution in [0, 0.1) is 6.92 Å². The Morgan fingerprint density at radius 1 is 1.42 bits per heavy atom. The van der Waals surface area contributed by atoms with Crippen LogP contribution in [0.25, 0.3) is 0 Å². The molecule has 1 aliphatic rings. The summed E-state index contributed by atoms with van der Waals surface area (Å²) in [6.45, 7) is 2.89. The molecule has 0 heterocycles. The molecule has 1 aromatic rings. The van der Waals surface area contributed by atoms with E-state index < -0.39 is 5.97 Å². The van der Waals surface area contributed by atoms with Gasteiger partial charge in [0.05, 0.1) is 6.54 Å². The van der Waals surface area contributed by atoms with E-state index >= 15 is 0 Å². The number of nitrogens with zero attached hydrogens (tertiary/aromatic N) is 1. The molecule has 0 radical (unpaired) electrons. The maximum atomic E-state index is 11.0. The number of carbonyl (C=O) groups is 1. The van der Waals surface area contributed by atoms with Crippen molar-refractivity contribution < 1.29 is 9.90 Å². The molecule has 0 aliphatic heterocycles. The highest BCUT2D eigenvalue weighted by Gasteiger charge is 2.24. The average molecular weight is 326 g/mol. The van der Waals surface area contributed by atoms with Crippen molar-refractivity contribution in [3.05, 3.63) is 33.8 Å². The molecule has 0 atom stereocenters. The molecule has 3 nitrogen and oxygen atoms in total. The second-order valence-electron chi connectivity index (χ2n) is 5.33. The molecule has 1 aromatic carbocycles. The summed E-state index contributed by atoms with van der Waals surface area (Å²) in [4.78, 5) is 13.1. The minimum absolute atomic E-state index is 0.130. The molecular weight excluding hydrogens is 306 g/mol. The zero-order valence-corrected chi connectivity index (χ0v) is 12.8. The van der Waals surface area contributed by atoms with Crippen molar-refractivity contribution in [3.8, 4) is 0 Å². The van der Waals surface area contributed by atoms with Gasteiger partial charge in [-0.2, -0.15) is 0 Å². The topological polar surface area (TPSA) is 40.5 Å². The first-order valence-electron chi connectivity index (χ1n) is 6.77. The fourth-order valence-corrected chi connectivity index (χ4v) is 3.38. The first kappa shape index (κ1) is 14.5. The summed E-state index contributed by atoms with van der Waals surface area (Å²) in [6.07, 6.45) is 4.68. The van der Waals surface area contributed by atoms with Crippen molar-refractivity contribution in [1.82, 2.24) is 4.90 Å². The second-order valence-corrected chi connectivity index (χ2v) is 6.19. The lowest BCUT2D eigenvalue weighted by Crippen LogP contribution is -2.37. The minimum Gasteiger partial charge on any atom is -0.480 e. The molecule has 104 valence electrons. The Morgan fingerprint density at radius 3 is 2.68 bits per heavy atom. The standard InChI is InChI=1S/C15H20BrNO2/c1-11-6-7-12(14(16)8-11)9-17(10-15(18)19)13-4-2-3-5-13/h6-8,13H,2-5,9-10H2,1H3,(H,18,19). The van der Waals surface area contributed by atoms with Gasteiger partial charge in [-0.3, -0.25) is 9.69 Å². The molecule has 2 rings (SSSR count). The molecule has 0 bridgehead atoms. The second kappa shape index (κ2) is 6.53. The quantitative estimate of drug-likeness (QED) is 0.899. The molecule has 0 saturated heterocycles. The number of hydrogen-bond donors (Lipinski definition) is 1. The Kier molecular flexibility index (Phi) is 4.99. The van der Waals surface area contributed by atoms with E-state index in [1.807, 2.05) is 0 Å². The summed E-state index contributed by atoms with van der Waals surface area (Å²) in [7, 11) is 0. The van der Waals surface area contributed by atoms with Crippen molar-refractivity contribution in [2.75, 3.05) is 6.54 Å². The van der Waals surface area contributed by atoms with Crippen molar-refractivity contribution in [1.29, 1.82) is 0 Å². The van der Waals surface area contributed by atoms with Gasteiger partial charge in [-0.25, -0.2) is 0 Å². The lowest BCUT2D eigenvalue weighted by Gasteiger charge is -2.27. The predicted octanol–water partition coefficient (Wildman–Crippen LogP) is 3.59. The van der Waals surface area contributed by atoms with Crippen molar-refractivity contribution in [3.63, 3.8) is 0 Å². The fourth-order valence-electron chi connectivity index (χ4n) is 2.76. The van der Waals surface area contributed by atoms with Crippen LogP contribution in [-0.4, -0.2) is 28.6 Å². The van der Waals surface area contributed by atoms with Crippen LogP contribution in [0.15, 0.2) is 22.7 Å². The third kappa shape index (κ3) is 4.05. The van der Waals surface area contributed by atoms with Gasteiger partial charge in [-0.15, -0.1) is 0 Å². The van der Waals surface area contributed by atoms with Gasteiger partial charge < -0.3 is 5.11 Å². The minimum atomic E-state index is -0.741. The number of halogens is 1. The lowest BCUT2D eigenvalue weighted by atomic mass is 10.1. The lowest BCUT2D eigenvalue weighted by molar-refractivity contribution is -0.139. The van der Waals surface area contributed by atoms with E-state index in [4.69, 9.17) is 5.11 Å². The largest absolute Gasteiger partial charge is 0.480 e. The fraction of sp³-hybridized carbons (Fsp3) is 0.533. The highest BCUT2D eigenvalue weighted by atomic mass is 79.9. The van der Waals surface area contributed by atoms with Crippen LogP contribution in [-0.2, 0) is 11.3 Å². The molecule has 0 unspecified atom stereocenters. The van der Waals surface area contributed by atoms with E-state index in [1.54, 1.807) is 0 Å². The van der Waals surface area contributed by atoms with Crippen molar-refractivity contribution >= 4 is 21.9 Å². The van der Waals surface area contributed by atoms with Crippen LogP contribution in [0.3, 0.4) is 0 Å². The van der Waals surface area contributed by atoms with Gasteiger partial charge in [0, 0.05) is 17.1 Å². The Bertz CT molecular complexity index is 455. The monoisotopic (exact) mass is 325 g/mol. The van der Waals surface area contributed by atoms with Crippen LogP contribution < -0.4 is 0 Å². The number of hydrogen-bond acceptors (Lipinski definition) is 2. The predicted molar refractivity (Wildman–Crippen MR) is 79.2 cm³/mol. The Labute approximate surface area is 122 Å². The number of rotatable bonds is 5. The normalized spacial score (nSPS) is 16.2. The van der Waals surface area contributed by atoms with Crippen LogP contribution in [0.5, 0.6) is 0 Å². The maximum Gasteiger partial charge on any atom is 0.317 e. The number of aryl methyl sites for hydroxylation is 1. The van der Waals surface area contributed by atoms with Crippen molar-refractivity contribution in [2.45, 2.75) is 45.2 Å². The van der Waals surface area contributed by atoms with Crippen LogP contribution >= 0.6 is 15.9 Å². The van der Waals surface area contributed by atoms with E-state index in [9.17, 15) is 4.79 Å². The van der Waals surface area contributed by atoms with Gasteiger partial charge in [-0.1, -0.05) is 40.9 Å². The number of carboxylic acids is 1. The van der Waals surface area contributed by atoms with Crippen molar-refractivity contribution in [2.24, 2.45) is 0 Å². The number of benzene rings is 1. The molecule has 4 heteroatoms. The Hall–Kier alpha value is -0.870. The number of carboxylic acid groups (broad SMARTS) is 1. The molecule has 1 aliphatic carbocycles. The highest BCUT2D eigenvalue weighted by molar-refractivity contribution is 9.10. The van der Waals surface area contributed by atoms with Gasteiger partial charge in [0.2, 0.25) is 0 Å². The smallest absolute Gasteiger partial charge is 0.317 e. The van der Waals surface area contributed by atoms with Gasteiger partial charge >= 0.3 is 5.97 Å². The molecule has 1 fully saturated rings. The number of aliphatic carboxylic acids is 1. The first-order valence-corrected chi connectivity index (χ1v) is 7.56. The summed E-state index contributed by atoms with van der Waals surface area (Å²) in [6, 6.07) is 6.67. The van der Waals surface area contributed by atoms with E-state index in [0.29, 0.717) is 12.6 Å². The molecule has 1 N–H and O–H groups in total. The zero-order chi connectivity index (χ0) is 13.8. The summed E-state index contributed by atoms with van der Waals surface area (Å²) < 4.78 is 1.07. The van der Waals surface area contributed by atoms with E-state index in [-0.39, 0.29) is 6.54 Å². The van der Waals surface area contributed by atoms with Gasteiger partial charge in [0.25, 0.3) is 0 Å². The van der Waals surface area contributed by atoms with E-state index in [2.05, 4.69) is 46.0 Å². The highest BCUT2D eigenvalue weighted by Crippen LogP contribution is 2.27. The molecular formula is C15H20BrNO2. The molecule has 0 amide bonds. The first-order chi connectivity index (χ1) is 9.06. The SMILES string of the molecule is Cc1ccc(CN(CC(=O)O)C2CCCC2)c(Br)c1. The summed E-state index contributed by atoms with van der Waals surface area (Å²) >= 11 is 3.58. The Morgan fingerprint density at radius 2 is 2.11 bits per heavy atom. The summed E-state index contributed by atoms with van der Waals surface area (Å²) in [5.74, 6) is -0.741. The third-order valence-corrected chi connectivity index (χ3v) is 4.50. The van der Waals surface area contributed by atoms with Gasteiger partial charge in [0.1, 0.15) is 0 Å². The maximum absolute atomic E-state index is 11.0. The van der Waals surface area contributed by atoms with E-state index in [1.165, 1.54) is 24.0 Å².